The highest BCUT2D eigenvalue weighted by Crippen LogP contribution is 2.42. The van der Waals surface area contributed by atoms with Gasteiger partial charge in [0.05, 0.1) is 28.6 Å². The second kappa shape index (κ2) is 10.9. The van der Waals surface area contributed by atoms with Gasteiger partial charge in [0.2, 0.25) is 0 Å². The first-order chi connectivity index (χ1) is 18.9. The average molecular weight is 567 g/mol. The van der Waals surface area contributed by atoms with Gasteiger partial charge in [-0.2, -0.15) is 5.10 Å². The molecule has 3 aromatic heterocycles. The van der Waals surface area contributed by atoms with Gasteiger partial charge in [0.25, 0.3) is 0 Å². The molecule has 1 aliphatic heterocycles. The topological polar surface area (TPSA) is 111 Å². The Bertz CT molecular complexity index is 1470. The summed E-state index contributed by atoms with van der Waals surface area (Å²) in [5, 5.41) is 5.85. The number of nitrogens with zero attached hydrogens (tertiary/aromatic N) is 6. The number of thiophene rings is 1. The van der Waals surface area contributed by atoms with Gasteiger partial charge in [-0.05, 0) is 44.9 Å². The van der Waals surface area contributed by atoms with Crippen molar-refractivity contribution < 1.29 is 4.74 Å². The van der Waals surface area contributed by atoms with Gasteiger partial charge in [-0.15, -0.1) is 11.3 Å². The Balaban J connectivity index is 1.31. The first-order valence-corrected chi connectivity index (χ1v) is 14.7. The summed E-state index contributed by atoms with van der Waals surface area (Å²) in [6.45, 7) is 4.60. The molecule has 4 heterocycles. The van der Waals surface area contributed by atoms with Gasteiger partial charge in [-0.25, -0.2) is 14.6 Å². The van der Waals surface area contributed by atoms with Crippen LogP contribution >= 0.6 is 22.9 Å². The fourth-order valence-electron chi connectivity index (χ4n) is 6.16. The molecule has 0 amide bonds. The van der Waals surface area contributed by atoms with E-state index in [1.807, 2.05) is 24.3 Å². The molecule has 1 saturated carbocycles. The van der Waals surface area contributed by atoms with E-state index in [0.717, 1.165) is 83.2 Å². The molecule has 206 valence electrons. The quantitative estimate of drug-likeness (QED) is 0.323. The molecule has 9 nitrogen and oxygen atoms in total. The van der Waals surface area contributed by atoms with Crippen LogP contribution < -0.4 is 16.2 Å². The number of rotatable bonds is 6. The fraction of sp³-hybridized carbons (Fsp3) is 0.464. The van der Waals surface area contributed by atoms with Crippen LogP contribution in [0.5, 0.6) is 5.75 Å². The van der Waals surface area contributed by atoms with Crippen molar-refractivity contribution >= 4 is 45.5 Å². The Morgan fingerprint density at radius 3 is 2.44 bits per heavy atom. The van der Waals surface area contributed by atoms with Crippen LogP contribution in [0.15, 0.2) is 30.6 Å². The maximum Gasteiger partial charge on any atom is 0.164 e. The Kier molecular flexibility index (Phi) is 7.37. The number of piperazine rings is 1. The van der Waals surface area contributed by atoms with Crippen LogP contribution in [-0.4, -0.2) is 75.9 Å². The summed E-state index contributed by atoms with van der Waals surface area (Å²) < 4.78 is 8.63. The molecule has 0 spiro atoms. The highest BCUT2D eigenvalue weighted by Gasteiger charge is 2.31. The normalized spacial score (nSPS) is 21.0. The minimum absolute atomic E-state index is 0.255. The number of aromatic nitrogens is 4. The van der Waals surface area contributed by atoms with E-state index in [1.165, 1.54) is 6.33 Å². The number of ether oxygens (including phenoxy) is 1. The van der Waals surface area contributed by atoms with Crippen molar-refractivity contribution in [3.63, 3.8) is 0 Å². The van der Waals surface area contributed by atoms with Gasteiger partial charge >= 0.3 is 0 Å². The number of halogens is 1. The second-order valence-corrected chi connectivity index (χ2v) is 12.5. The summed E-state index contributed by atoms with van der Waals surface area (Å²) in [7, 11) is 3.85. The van der Waals surface area contributed by atoms with E-state index < -0.39 is 0 Å². The predicted octanol–water partition coefficient (Wildman–Crippen LogP) is 4.70. The van der Waals surface area contributed by atoms with Crippen LogP contribution in [0.4, 0.5) is 11.5 Å². The molecule has 2 aliphatic rings. The maximum absolute atomic E-state index is 6.74. The van der Waals surface area contributed by atoms with Gasteiger partial charge in [0.15, 0.2) is 5.65 Å². The summed E-state index contributed by atoms with van der Waals surface area (Å²) in [6, 6.07) is 8.88. The highest BCUT2D eigenvalue weighted by molar-refractivity contribution is 7.16. The maximum atomic E-state index is 6.74. The number of hydrogen-bond acceptors (Lipinski definition) is 9. The summed E-state index contributed by atoms with van der Waals surface area (Å²) in [5.74, 6) is 1.05. The van der Waals surface area contributed by atoms with E-state index in [2.05, 4.69) is 31.5 Å². The van der Waals surface area contributed by atoms with Gasteiger partial charge in [-0.3, -0.25) is 4.90 Å². The Morgan fingerprint density at radius 1 is 1.00 bits per heavy atom. The summed E-state index contributed by atoms with van der Waals surface area (Å²) in [5.41, 5.74) is 16.9. The zero-order chi connectivity index (χ0) is 27.1. The van der Waals surface area contributed by atoms with E-state index >= 15 is 0 Å². The molecular weight excluding hydrogens is 532 g/mol. The molecular formula is C28H35ClN8OS. The number of nitrogen functional groups attached to an aromatic ring is 2. The molecule has 2 fully saturated rings. The number of benzene rings is 1. The Morgan fingerprint density at radius 2 is 1.74 bits per heavy atom. The lowest BCUT2D eigenvalue weighted by Crippen LogP contribution is -2.49. The molecule has 1 saturated heterocycles. The van der Waals surface area contributed by atoms with Gasteiger partial charge in [0, 0.05) is 54.6 Å². The number of anilines is 2. The highest BCUT2D eigenvalue weighted by atomic mass is 35.5. The van der Waals surface area contributed by atoms with Crippen molar-refractivity contribution in [1.82, 2.24) is 29.5 Å². The number of nitrogens with two attached hydrogens (primary N) is 2. The van der Waals surface area contributed by atoms with Crippen LogP contribution in [-0.2, 0) is 6.42 Å². The van der Waals surface area contributed by atoms with Crippen LogP contribution in [0.25, 0.3) is 22.3 Å². The number of hydrogen-bond donors (Lipinski definition) is 2. The average Bonchev–Trinajstić information content (AvgIpc) is 3.53. The SMILES string of the molecule is COc1c(Cc2ccc(Cl)s2)ccc(-c2nn(C3CCC(N4CCN(C)CC4)CC3)c3ncnc(N)c23)c1N. The first-order valence-electron chi connectivity index (χ1n) is 13.5. The van der Waals surface area contributed by atoms with Crippen molar-refractivity contribution in [3.8, 4) is 17.0 Å². The molecule has 0 unspecified atom stereocenters. The van der Waals surface area contributed by atoms with E-state index in [9.17, 15) is 0 Å². The van der Waals surface area contributed by atoms with Crippen molar-refractivity contribution in [2.24, 2.45) is 0 Å². The van der Waals surface area contributed by atoms with Crippen LogP contribution in [0, 0.1) is 0 Å². The smallest absolute Gasteiger partial charge is 0.164 e. The third kappa shape index (κ3) is 5.06. The molecule has 1 aromatic carbocycles. The summed E-state index contributed by atoms with van der Waals surface area (Å²) in [6.07, 6.45) is 6.62. The summed E-state index contributed by atoms with van der Waals surface area (Å²) >= 11 is 7.71. The lowest BCUT2D eigenvalue weighted by Gasteiger charge is -2.41. The summed E-state index contributed by atoms with van der Waals surface area (Å²) in [4.78, 5) is 15.2. The minimum atomic E-state index is 0.255. The minimum Gasteiger partial charge on any atom is -0.494 e. The van der Waals surface area contributed by atoms with Gasteiger partial charge in [0.1, 0.15) is 23.6 Å². The van der Waals surface area contributed by atoms with Gasteiger partial charge in [-0.1, -0.05) is 23.7 Å². The molecule has 0 radical (unpaired) electrons. The van der Waals surface area contributed by atoms with E-state index in [4.69, 9.17) is 32.9 Å². The lowest BCUT2D eigenvalue weighted by atomic mass is 9.90. The van der Waals surface area contributed by atoms with Crippen LogP contribution in [0.2, 0.25) is 4.34 Å². The fourth-order valence-corrected chi connectivity index (χ4v) is 7.27. The Hall–Kier alpha value is -2.92. The van der Waals surface area contributed by atoms with Crippen LogP contribution in [0.1, 0.15) is 42.2 Å². The molecule has 0 bridgehead atoms. The van der Waals surface area contributed by atoms with Gasteiger partial charge < -0.3 is 21.1 Å². The monoisotopic (exact) mass is 566 g/mol. The van der Waals surface area contributed by atoms with Crippen molar-refractivity contribution in [3.05, 3.63) is 45.4 Å². The number of methoxy groups -OCH3 is 1. The largest absolute Gasteiger partial charge is 0.494 e. The third-order valence-corrected chi connectivity index (χ3v) is 9.55. The zero-order valence-electron chi connectivity index (χ0n) is 22.4. The van der Waals surface area contributed by atoms with Crippen LogP contribution in [0.3, 0.4) is 0 Å². The van der Waals surface area contributed by atoms with Crippen molar-refractivity contribution in [2.75, 3.05) is 51.8 Å². The predicted molar refractivity (Wildman–Crippen MR) is 159 cm³/mol. The Labute approximate surface area is 237 Å². The van der Waals surface area contributed by atoms with Crippen molar-refractivity contribution in [2.45, 2.75) is 44.2 Å². The molecule has 11 heteroatoms. The molecule has 4 aromatic rings. The standard InChI is InChI=1S/C28H35ClN8OS/c1-35-11-13-36(14-12-35)18-4-6-19(7-5-18)37-28-23(27(31)32-16-33-28)25(34-37)21-9-3-17(26(38-2)24(21)30)15-20-8-10-22(29)39-20/h3,8-10,16,18-19H,4-7,11-15,30H2,1-2H3,(H2,31,32,33). The lowest BCUT2D eigenvalue weighted by molar-refractivity contribution is 0.0815. The molecule has 1 aliphatic carbocycles. The molecule has 39 heavy (non-hydrogen) atoms. The number of fused-ring (bicyclic) bond motifs is 1. The van der Waals surface area contributed by atoms with E-state index in [0.29, 0.717) is 35.4 Å². The van der Waals surface area contributed by atoms with E-state index in [-0.39, 0.29) is 6.04 Å². The first kappa shape index (κ1) is 26.3. The molecule has 4 N–H and O–H groups in total. The zero-order valence-corrected chi connectivity index (χ0v) is 24.0. The second-order valence-electron chi connectivity index (χ2n) is 10.7. The van der Waals surface area contributed by atoms with Crippen molar-refractivity contribution in [1.29, 1.82) is 0 Å². The molecule has 0 atom stereocenters. The molecule has 6 rings (SSSR count). The number of likely N-dealkylation sites (N-methyl/N-ethyl adjacent to an activating group) is 1. The third-order valence-electron chi connectivity index (χ3n) is 8.31. The van der Waals surface area contributed by atoms with E-state index in [1.54, 1.807) is 18.4 Å².